The standard InChI is InChI=1S/C16H15F2N5O2/c17-10-5-11(18)15(21-6-10)16(24)22-8-12-13(9-22)25-4-3-23(12)14-7-19-1-2-20-14/h1-2,5-7,12-13H,3-4,8-9H2/t12-,13-/m0/s1. The fraction of sp³-hybridized carbons (Fsp3) is 0.375. The Labute approximate surface area is 142 Å². The van der Waals surface area contributed by atoms with Crippen molar-refractivity contribution in [2.75, 3.05) is 31.1 Å². The number of hydrogen-bond donors (Lipinski definition) is 0. The molecule has 2 aromatic heterocycles. The lowest BCUT2D eigenvalue weighted by atomic mass is 10.1. The first-order chi connectivity index (χ1) is 12.1. The zero-order valence-corrected chi connectivity index (χ0v) is 13.2. The zero-order chi connectivity index (χ0) is 17.4. The van der Waals surface area contributed by atoms with Gasteiger partial charge in [-0.25, -0.2) is 18.7 Å². The lowest BCUT2D eigenvalue weighted by Crippen LogP contribution is -2.51. The van der Waals surface area contributed by atoms with E-state index >= 15 is 0 Å². The third kappa shape index (κ3) is 2.91. The van der Waals surface area contributed by atoms with Crippen LogP contribution in [0.5, 0.6) is 0 Å². The van der Waals surface area contributed by atoms with Crippen LogP contribution in [0.25, 0.3) is 0 Å². The van der Waals surface area contributed by atoms with E-state index in [1.807, 2.05) is 4.90 Å². The van der Waals surface area contributed by atoms with Gasteiger partial charge in [-0.3, -0.25) is 9.78 Å². The molecule has 130 valence electrons. The van der Waals surface area contributed by atoms with E-state index in [-0.39, 0.29) is 17.8 Å². The summed E-state index contributed by atoms with van der Waals surface area (Å²) in [6, 6.07) is 0.559. The monoisotopic (exact) mass is 347 g/mol. The first-order valence-corrected chi connectivity index (χ1v) is 7.88. The van der Waals surface area contributed by atoms with Crippen LogP contribution < -0.4 is 4.90 Å². The smallest absolute Gasteiger partial charge is 0.275 e. The molecule has 2 fully saturated rings. The maximum atomic E-state index is 13.9. The second kappa shape index (κ2) is 6.32. The number of ether oxygens (including phenoxy) is 1. The lowest BCUT2D eigenvalue weighted by Gasteiger charge is -2.37. The fourth-order valence-electron chi connectivity index (χ4n) is 3.30. The summed E-state index contributed by atoms with van der Waals surface area (Å²) in [5.41, 5.74) is -0.383. The number of pyridine rings is 1. The number of fused-ring (bicyclic) bond motifs is 1. The number of rotatable bonds is 2. The highest BCUT2D eigenvalue weighted by Gasteiger charge is 2.43. The van der Waals surface area contributed by atoms with Crippen molar-refractivity contribution in [3.05, 3.63) is 48.2 Å². The lowest BCUT2D eigenvalue weighted by molar-refractivity contribution is 0.0298. The average Bonchev–Trinajstić information content (AvgIpc) is 3.06. The summed E-state index contributed by atoms with van der Waals surface area (Å²) in [7, 11) is 0. The van der Waals surface area contributed by atoms with Gasteiger partial charge in [0.1, 0.15) is 11.6 Å². The van der Waals surface area contributed by atoms with Crippen LogP contribution in [0.2, 0.25) is 0 Å². The predicted octanol–water partition coefficient (Wildman–Crippen LogP) is 0.880. The van der Waals surface area contributed by atoms with E-state index in [1.54, 1.807) is 18.6 Å². The van der Waals surface area contributed by atoms with Gasteiger partial charge in [0.15, 0.2) is 11.5 Å². The van der Waals surface area contributed by atoms with E-state index in [9.17, 15) is 13.6 Å². The summed E-state index contributed by atoms with van der Waals surface area (Å²) in [6.45, 7) is 1.80. The molecule has 2 saturated heterocycles. The maximum Gasteiger partial charge on any atom is 0.275 e. The molecule has 4 heterocycles. The Morgan fingerprint density at radius 1 is 1.20 bits per heavy atom. The molecule has 0 N–H and O–H groups in total. The summed E-state index contributed by atoms with van der Waals surface area (Å²) in [6.07, 6.45) is 5.49. The van der Waals surface area contributed by atoms with Gasteiger partial charge >= 0.3 is 0 Å². The van der Waals surface area contributed by atoms with Crippen LogP contribution in [-0.2, 0) is 4.74 Å². The van der Waals surface area contributed by atoms with Gasteiger partial charge in [0, 0.05) is 38.1 Å². The van der Waals surface area contributed by atoms with E-state index in [0.29, 0.717) is 38.1 Å². The van der Waals surface area contributed by atoms with Crippen LogP contribution in [0.15, 0.2) is 30.9 Å². The van der Waals surface area contributed by atoms with E-state index in [1.165, 1.54) is 4.90 Å². The minimum Gasteiger partial charge on any atom is -0.372 e. The number of morpholine rings is 1. The van der Waals surface area contributed by atoms with Gasteiger partial charge in [-0.2, -0.15) is 0 Å². The van der Waals surface area contributed by atoms with Crippen molar-refractivity contribution in [1.82, 2.24) is 19.9 Å². The van der Waals surface area contributed by atoms with E-state index in [4.69, 9.17) is 4.74 Å². The van der Waals surface area contributed by atoms with Crippen LogP contribution in [0, 0.1) is 11.6 Å². The number of anilines is 1. The summed E-state index contributed by atoms with van der Waals surface area (Å²) in [5, 5.41) is 0. The van der Waals surface area contributed by atoms with Gasteiger partial charge in [0.2, 0.25) is 0 Å². The molecule has 2 atom stereocenters. The molecule has 4 rings (SSSR count). The van der Waals surface area contributed by atoms with Crippen molar-refractivity contribution in [3.63, 3.8) is 0 Å². The number of hydrogen-bond acceptors (Lipinski definition) is 6. The number of carbonyl (C=O) groups excluding carboxylic acids is 1. The number of amides is 1. The molecule has 9 heteroatoms. The molecule has 0 saturated carbocycles. The second-order valence-electron chi connectivity index (χ2n) is 5.93. The van der Waals surface area contributed by atoms with Crippen LogP contribution >= 0.6 is 0 Å². The number of nitrogens with zero attached hydrogens (tertiary/aromatic N) is 5. The molecule has 0 radical (unpaired) electrons. The summed E-state index contributed by atoms with van der Waals surface area (Å²) >= 11 is 0. The van der Waals surface area contributed by atoms with Crippen LogP contribution in [0.1, 0.15) is 10.5 Å². The molecule has 25 heavy (non-hydrogen) atoms. The predicted molar refractivity (Wildman–Crippen MR) is 83.0 cm³/mol. The minimum atomic E-state index is -0.966. The Morgan fingerprint density at radius 2 is 2.08 bits per heavy atom. The molecular weight excluding hydrogens is 332 g/mol. The first-order valence-electron chi connectivity index (χ1n) is 7.88. The molecule has 2 aromatic rings. The number of halogens is 2. The maximum absolute atomic E-state index is 13.9. The minimum absolute atomic E-state index is 0.0992. The molecule has 0 bridgehead atoms. The number of carbonyl (C=O) groups is 1. The molecule has 0 aromatic carbocycles. The zero-order valence-electron chi connectivity index (χ0n) is 13.2. The van der Waals surface area contributed by atoms with Crippen molar-refractivity contribution < 1.29 is 18.3 Å². The molecule has 0 spiro atoms. The highest BCUT2D eigenvalue weighted by Crippen LogP contribution is 2.27. The average molecular weight is 347 g/mol. The van der Waals surface area contributed by atoms with Gasteiger partial charge in [-0.05, 0) is 0 Å². The third-order valence-corrected chi connectivity index (χ3v) is 4.44. The van der Waals surface area contributed by atoms with Crippen molar-refractivity contribution in [3.8, 4) is 0 Å². The van der Waals surface area contributed by atoms with Gasteiger partial charge in [0.25, 0.3) is 5.91 Å². The third-order valence-electron chi connectivity index (χ3n) is 4.44. The molecule has 0 aliphatic carbocycles. The second-order valence-corrected chi connectivity index (χ2v) is 5.93. The van der Waals surface area contributed by atoms with Crippen molar-refractivity contribution in [2.45, 2.75) is 12.1 Å². The molecule has 7 nitrogen and oxygen atoms in total. The topological polar surface area (TPSA) is 71.5 Å². The molecule has 1 amide bonds. The Bertz CT molecular complexity index is 791. The molecule has 0 unspecified atom stereocenters. The van der Waals surface area contributed by atoms with Gasteiger partial charge in [0.05, 0.1) is 31.1 Å². The molecule has 2 aliphatic heterocycles. The largest absolute Gasteiger partial charge is 0.372 e. The Kier molecular flexibility index (Phi) is 4.00. The van der Waals surface area contributed by atoms with Crippen LogP contribution in [0.3, 0.4) is 0 Å². The van der Waals surface area contributed by atoms with Gasteiger partial charge in [-0.15, -0.1) is 0 Å². The molecule has 2 aliphatic rings. The normalized spacial score (nSPS) is 22.8. The summed E-state index contributed by atoms with van der Waals surface area (Å²) in [4.78, 5) is 28.1. The van der Waals surface area contributed by atoms with Crippen LogP contribution in [0.4, 0.5) is 14.6 Å². The number of likely N-dealkylation sites (tertiary alicyclic amines) is 1. The summed E-state index contributed by atoms with van der Waals surface area (Å²) < 4.78 is 32.6. The van der Waals surface area contributed by atoms with E-state index in [0.717, 1.165) is 6.20 Å². The van der Waals surface area contributed by atoms with Crippen molar-refractivity contribution in [2.24, 2.45) is 0 Å². The summed E-state index contributed by atoms with van der Waals surface area (Å²) in [5.74, 6) is -1.65. The Morgan fingerprint density at radius 3 is 2.84 bits per heavy atom. The van der Waals surface area contributed by atoms with Crippen molar-refractivity contribution in [1.29, 1.82) is 0 Å². The fourth-order valence-corrected chi connectivity index (χ4v) is 3.30. The quantitative estimate of drug-likeness (QED) is 0.803. The molecular formula is C16H15F2N5O2. The van der Waals surface area contributed by atoms with E-state index < -0.39 is 17.5 Å². The van der Waals surface area contributed by atoms with E-state index in [2.05, 4.69) is 15.0 Å². The van der Waals surface area contributed by atoms with Crippen molar-refractivity contribution >= 4 is 11.7 Å². The number of aromatic nitrogens is 3. The Balaban J connectivity index is 1.56. The highest BCUT2D eigenvalue weighted by molar-refractivity contribution is 5.92. The first kappa shape index (κ1) is 15.8. The highest BCUT2D eigenvalue weighted by atomic mass is 19.1. The van der Waals surface area contributed by atoms with Crippen LogP contribution in [-0.4, -0.2) is 64.1 Å². The van der Waals surface area contributed by atoms with Gasteiger partial charge in [-0.1, -0.05) is 0 Å². The Hall–Kier alpha value is -2.68. The SMILES string of the molecule is O=C(c1ncc(F)cc1F)N1C[C@@H]2OCCN(c3cnccn3)[C@H]2C1. The van der Waals surface area contributed by atoms with Gasteiger partial charge < -0.3 is 14.5 Å².